The van der Waals surface area contributed by atoms with Crippen LogP contribution in [0.4, 0.5) is 22.7 Å². The van der Waals surface area contributed by atoms with Gasteiger partial charge in [-0.25, -0.2) is 0 Å². The Bertz CT molecular complexity index is 1320. The van der Waals surface area contributed by atoms with E-state index in [4.69, 9.17) is 0 Å². The Morgan fingerprint density at radius 3 is 2.00 bits per heavy atom. The van der Waals surface area contributed by atoms with Gasteiger partial charge in [-0.05, 0) is 48.9 Å². The molecular formula is C25H24N6O6. The van der Waals surface area contributed by atoms with Gasteiger partial charge in [-0.3, -0.25) is 40.7 Å². The standard InChI is InChI=1S/C25H24N6O6/c1-17-3-2-4-21(13-17)28-9-11-29(12-10-28)25(33)18-5-7-20(8-6-18)26-27-24(32)19-14-22(30(34)35)16-23(15-19)31(36)37/h2-8,13-16,26H,9-12H2,1H3,(H,27,32). The highest BCUT2D eigenvalue weighted by Crippen LogP contribution is 2.23. The quantitative estimate of drug-likeness (QED) is 0.366. The Kier molecular flexibility index (Phi) is 7.28. The zero-order chi connectivity index (χ0) is 26.5. The van der Waals surface area contributed by atoms with Gasteiger partial charge >= 0.3 is 0 Å². The Morgan fingerprint density at radius 2 is 1.43 bits per heavy atom. The molecule has 1 aliphatic rings. The van der Waals surface area contributed by atoms with Crippen molar-refractivity contribution in [2.75, 3.05) is 36.5 Å². The van der Waals surface area contributed by atoms with Crippen molar-refractivity contribution in [2.24, 2.45) is 0 Å². The van der Waals surface area contributed by atoms with E-state index in [1.54, 1.807) is 29.2 Å². The Morgan fingerprint density at radius 1 is 0.811 bits per heavy atom. The number of aryl methyl sites for hydroxylation is 1. The van der Waals surface area contributed by atoms with E-state index in [9.17, 15) is 29.8 Å². The summed E-state index contributed by atoms with van der Waals surface area (Å²) < 4.78 is 0. The summed E-state index contributed by atoms with van der Waals surface area (Å²) in [5, 5.41) is 22.1. The molecule has 0 aromatic heterocycles. The summed E-state index contributed by atoms with van der Waals surface area (Å²) in [5.41, 5.74) is 6.89. The van der Waals surface area contributed by atoms with Gasteiger partial charge in [-0.1, -0.05) is 12.1 Å². The number of nitro benzene ring substituents is 2. The highest BCUT2D eigenvalue weighted by atomic mass is 16.6. The van der Waals surface area contributed by atoms with Gasteiger partial charge in [-0.2, -0.15) is 0 Å². The number of piperazine rings is 1. The lowest BCUT2D eigenvalue weighted by atomic mass is 10.1. The van der Waals surface area contributed by atoms with Gasteiger partial charge in [0.05, 0.1) is 27.2 Å². The van der Waals surface area contributed by atoms with Crippen molar-refractivity contribution in [3.05, 3.63) is 104 Å². The molecule has 0 saturated carbocycles. The molecule has 12 nitrogen and oxygen atoms in total. The number of nitro groups is 2. The lowest BCUT2D eigenvalue weighted by Crippen LogP contribution is -2.48. The number of nitrogens with zero attached hydrogens (tertiary/aromatic N) is 4. The lowest BCUT2D eigenvalue weighted by molar-refractivity contribution is -0.394. The number of hydrazine groups is 1. The fourth-order valence-electron chi connectivity index (χ4n) is 4.01. The van der Waals surface area contributed by atoms with Crippen LogP contribution in [0.3, 0.4) is 0 Å². The minimum absolute atomic E-state index is 0.0941. The van der Waals surface area contributed by atoms with Crippen LogP contribution in [-0.2, 0) is 0 Å². The normalized spacial score (nSPS) is 13.1. The first kappa shape index (κ1) is 25.1. The molecule has 0 aliphatic carbocycles. The van der Waals surface area contributed by atoms with Crippen molar-refractivity contribution in [3.8, 4) is 0 Å². The van der Waals surface area contributed by atoms with E-state index in [-0.39, 0.29) is 11.5 Å². The lowest BCUT2D eigenvalue weighted by Gasteiger charge is -2.36. The minimum Gasteiger partial charge on any atom is -0.368 e. The second-order valence-electron chi connectivity index (χ2n) is 8.53. The van der Waals surface area contributed by atoms with Crippen LogP contribution in [0.25, 0.3) is 0 Å². The average Bonchev–Trinajstić information content (AvgIpc) is 2.91. The number of non-ortho nitro benzene ring substituents is 2. The summed E-state index contributed by atoms with van der Waals surface area (Å²) in [6, 6.07) is 17.4. The van der Waals surface area contributed by atoms with Crippen LogP contribution in [0, 0.1) is 27.2 Å². The molecule has 4 rings (SSSR count). The molecule has 1 heterocycles. The third-order valence-corrected chi connectivity index (χ3v) is 5.97. The number of nitrogens with one attached hydrogen (secondary N) is 2. The molecular weight excluding hydrogens is 480 g/mol. The van der Waals surface area contributed by atoms with Crippen molar-refractivity contribution in [3.63, 3.8) is 0 Å². The molecule has 1 aliphatic heterocycles. The predicted molar refractivity (Wildman–Crippen MR) is 137 cm³/mol. The first-order valence-corrected chi connectivity index (χ1v) is 11.4. The number of amides is 2. The molecule has 0 unspecified atom stereocenters. The molecule has 1 fully saturated rings. The smallest absolute Gasteiger partial charge is 0.277 e. The maximum atomic E-state index is 12.9. The molecule has 12 heteroatoms. The van der Waals surface area contributed by atoms with Crippen molar-refractivity contribution >= 4 is 34.6 Å². The first-order chi connectivity index (χ1) is 17.7. The summed E-state index contributed by atoms with van der Waals surface area (Å²) in [7, 11) is 0. The second-order valence-corrected chi connectivity index (χ2v) is 8.53. The van der Waals surface area contributed by atoms with Gasteiger partial charge in [0.15, 0.2) is 0 Å². The van der Waals surface area contributed by atoms with Gasteiger partial charge < -0.3 is 9.80 Å². The van der Waals surface area contributed by atoms with Crippen molar-refractivity contribution in [1.82, 2.24) is 10.3 Å². The van der Waals surface area contributed by atoms with Gasteiger partial charge in [0.25, 0.3) is 23.2 Å². The van der Waals surface area contributed by atoms with E-state index in [1.165, 1.54) is 5.56 Å². The highest BCUT2D eigenvalue weighted by molar-refractivity contribution is 5.97. The highest BCUT2D eigenvalue weighted by Gasteiger charge is 2.23. The molecule has 190 valence electrons. The van der Waals surface area contributed by atoms with Gasteiger partial charge in [0, 0.05) is 49.6 Å². The van der Waals surface area contributed by atoms with Crippen LogP contribution in [-0.4, -0.2) is 52.7 Å². The van der Waals surface area contributed by atoms with E-state index < -0.39 is 27.1 Å². The van der Waals surface area contributed by atoms with Crippen LogP contribution in [0.15, 0.2) is 66.7 Å². The van der Waals surface area contributed by atoms with Gasteiger partial charge in [0.2, 0.25) is 0 Å². The summed E-state index contributed by atoms with van der Waals surface area (Å²) in [5.74, 6) is -0.887. The minimum atomic E-state index is -0.810. The molecule has 0 radical (unpaired) electrons. The van der Waals surface area contributed by atoms with Crippen LogP contribution >= 0.6 is 0 Å². The summed E-state index contributed by atoms with van der Waals surface area (Å²) in [6.45, 7) is 4.71. The third-order valence-electron chi connectivity index (χ3n) is 5.97. The molecule has 2 N–H and O–H groups in total. The Hall–Kier alpha value is -5.00. The third kappa shape index (κ3) is 5.99. The van der Waals surface area contributed by atoms with Crippen molar-refractivity contribution in [2.45, 2.75) is 6.92 Å². The van der Waals surface area contributed by atoms with Crippen molar-refractivity contribution < 1.29 is 19.4 Å². The van der Waals surface area contributed by atoms with E-state index >= 15 is 0 Å². The predicted octanol–water partition coefficient (Wildman–Crippen LogP) is 3.53. The van der Waals surface area contributed by atoms with Gasteiger partial charge in [-0.15, -0.1) is 0 Å². The van der Waals surface area contributed by atoms with Crippen LogP contribution in [0.2, 0.25) is 0 Å². The van der Waals surface area contributed by atoms with Gasteiger partial charge in [0.1, 0.15) is 0 Å². The molecule has 0 spiro atoms. The van der Waals surface area contributed by atoms with Crippen LogP contribution < -0.4 is 15.8 Å². The largest absolute Gasteiger partial charge is 0.368 e. The molecule has 3 aromatic rings. The Balaban J connectivity index is 1.34. The maximum absolute atomic E-state index is 12.9. The van der Waals surface area contributed by atoms with E-state index in [0.717, 1.165) is 37.0 Å². The van der Waals surface area contributed by atoms with E-state index in [2.05, 4.69) is 27.9 Å². The SMILES string of the molecule is Cc1cccc(N2CCN(C(=O)c3ccc(NNC(=O)c4cc([N+](=O)[O-])cc([N+](=O)[O-])c4)cc3)CC2)c1. The van der Waals surface area contributed by atoms with Crippen LogP contribution in [0.5, 0.6) is 0 Å². The Labute approximate surface area is 211 Å². The first-order valence-electron chi connectivity index (χ1n) is 11.4. The number of carbonyl (C=O) groups excluding carboxylic acids is 2. The zero-order valence-corrected chi connectivity index (χ0v) is 19.9. The summed E-state index contributed by atoms with van der Waals surface area (Å²) in [6.07, 6.45) is 0. The monoisotopic (exact) mass is 504 g/mol. The molecule has 3 aromatic carbocycles. The van der Waals surface area contributed by atoms with E-state index in [1.807, 2.05) is 19.1 Å². The summed E-state index contributed by atoms with van der Waals surface area (Å²) in [4.78, 5) is 49.8. The number of anilines is 2. The van der Waals surface area contributed by atoms with E-state index in [0.29, 0.717) is 24.3 Å². The van der Waals surface area contributed by atoms with Crippen LogP contribution in [0.1, 0.15) is 26.3 Å². The molecule has 37 heavy (non-hydrogen) atoms. The fraction of sp³-hybridized carbons (Fsp3) is 0.200. The van der Waals surface area contributed by atoms with Crippen molar-refractivity contribution in [1.29, 1.82) is 0 Å². The second kappa shape index (κ2) is 10.7. The summed E-state index contributed by atoms with van der Waals surface area (Å²) >= 11 is 0. The number of carbonyl (C=O) groups is 2. The average molecular weight is 505 g/mol. The molecule has 1 saturated heterocycles. The molecule has 0 bridgehead atoms. The topological polar surface area (TPSA) is 151 Å². The number of benzene rings is 3. The molecule has 0 atom stereocenters. The number of hydrogen-bond acceptors (Lipinski definition) is 8. The fourth-order valence-corrected chi connectivity index (χ4v) is 4.01. The zero-order valence-electron chi connectivity index (χ0n) is 19.9. The maximum Gasteiger partial charge on any atom is 0.277 e. The number of hydrogen-bond donors (Lipinski definition) is 2. The number of rotatable bonds is 7. The molecule has 2 amide bonds.